The van der Waals surface area contributed by atoms with Crippen LogP contribution in [-0.2, 0) is 39.4 Å². The van der Waals surface area contributed by atoms with Gasteiger partial charge in [-0.2, -0.15) is 0 Å². The third-order valence-corrected chi connectivity index (χ3v) is 6.78. The number of aromatic amines is 1. The lowest BCUT2D eigenvalue weighted by molar-refractivity contribution is -0.166. The van der Waals surface area contributed by atoms with Crippen molar-refractivity contribution < 1.29 is 37.4 Å². The van der Waals surface area contributed by atoms with Crippen molar-refractivity contribution >= 4 is 26.1 Å². The summed E-state index contributed by atoms with van der Waals surface area (Å²) in [4.78, 5) is 45.7. The van der Waals surface area contributed by atoms with Crippen molar-refractivity contribution in [2.45, 2.75) is 51.9 Å². The molecule has 1 aliphatic rings. The van der Waals surface area contributed by atoms with Gasteiger partial charge in [0.1, 0.15) is 12.3 Å². The van der Waals surface area contributed by atoms with Crippen molar-refractivity contribution in [2.24, 2.45) is 5.92 Å². The van der Waals surface area contributed by atoms with Gasteiger partial charge in [0.15, 0.2) is 12.6 Å². The van der Waals surface area contributed by atoms with Gasteiger partial charge in [-0.25, -0.2) is 4.79 Å². The van der Waals surface area contributed by atoms with Crippen LogP contribution in [0.4, 0.5) is 0 Å². The minimum atomic E-state index is -4.05. The minimum absolute atomic E-state index is 0.590. The van der Waals surface area contributed by atoms with Crippen LogP contribution in [0.5, 0.6) is 0 Å². The molecule has 15 heteroatoms. The first-order chi connectivity index (χ1) is 13.6. The van der Waals surface area contributed by atoms with Crippen LogP contribution in [0.2, 0.25) is 0 Å². The fraction of sp³-hybridized carbons (Fsp3) is 0.733. The lowest BCUT2D eigenvalue weighted by Crippen LogP contribution is -2.34. The van der Waals surface area contributed by atoms with Crippen LogP contribution in [0.3, 0.4) is 0 Å². The summed E-state index contributed by atoms with van der Waals surface area (Å²) in [6.07, 6.45) is -2.85. The summed E-state index contributed by atoms with van der Waals surface area (Å²) in [7, 11) is -3.00. The van der Waals surface area contributed by atoms with Crippen molar-refractivity contribution in [3.8, 4) is 0 Å². The van der Waals surface area contributed by atoms with Crippen molar-refractivity contribution in [2.75, 3.05) is 13.5 Å². The third kappa shape index (κ3) is 6.89. The summed E-state index contributed by atoms with van der Waals surface area (Å²) in [6.45, 7) is 2.89. The van der Waals surface area contributed by atoms with Crippen LogP contribution in [0, 0.1) is 5.92 Å². The normalized spacial score (nSPS) is 28.8. The fourth-order valence-corrected chi connectivity index (χ4v) is 5.46. The number of H-pyrrole nitrogens is 1. The zero-order valence-corrected chi connectivity index (χ0v) is 19.7. The molecule has 1 aliphatic heterocycles. The van der Waals surface area contributed by atoms with E-state index in [9.17, 15) is 23.9 Å². The number of aromatic nitrogens is 2. The Kier molecular flexibility index (Phi) is 8.02. The van der Waals surface area contributed by atoms with Crippen LogP contribution in [-0.4, -0.2) is 50.8 Å². The zero-order valence-electron chi connectivity index (χ0n) is 17.1. The van der Waals surface area contributed by atoms with Crippen LogP contribution >= 0.6 is 14.3 Å². The third-order valence-electron chi connectivity index (χ3n) is 3.97. The maximum atomic E-state index is 12.2. The number of rotatable bonds is 8. The predicted octanol–water partition coefficient (Wildman–Crippen LogP) is 1.25. The summed E-state index contributed by atoms with van der Waals surface area (Å²) in [6, 6.07) is 1.13. The molecule has 1 aromatic rings. The molecule has 6 atom stereocenters. The van der Waals surface area contributed by atoms with Gasteiger partial charge in [-0.3, -0.25) is 23.4 Å². The summed E-state index contributed by atoms with van der Waals surface area (Å²) in [5.41, 5.74) is -2.14. The Morgan fingerprint density at radius 1 is 1.33 bits per heavy atom. The molecular weight excluding hydrogens is 462 g/mol. The molecule has 0 saturated carbocycles. The van der Waals surface area contributed by atoms with Crippen molar-refractivity contribution in [1.82, 2.24) is 9.55 Å². The molecule has 1 aromatic heterocycles. The quantitative estimate of drug-likeness (QED) is 0.452. The lowest BCUT2D eigenvalue weighted by Gasteiger charge is -2.30. The molecule has 0 spiro atoms. The molecule has 0 bridgehead atoms. The van der Waals surface area contributed by atoms with Gasteiger partial charge >= 0.3 is 20.0 Å². The second-order valence-electron chi connectivity index (χ2n) is 7.63. The molecular formula is C15H26N2O10P2S. The Labute approximate surface area is 177 Å². The second kappa shape index (κ2) is 9.41. The Morgan fingerprint density at radius 3 is 2.50 bits per heavy atom. The second-order valence-corrected chi connectivity index (χ2v) is 12.2. The maximum absolute atomic E-state index is 12.2. The van der Waals surface area contributed by atoms with Crippen molar-refractivity contribution in [1.29, 1.82) is 0 Å². The molecule has 30 heavy (non-hydrogen) atoms. The standard InChI is InChI=1S/C15H26N2O10P2S/c1-9-11(26-29(22,30)27-15(2,3)4)13(24-8-28(20,21)23-5)25-12(9)17-7-6-10(18)16-14(17)19/h6-7,9,11-13H,8H2,1-5H3,(H,20,21)(H,22,30)(H,16,18,19)/t9-,11+,12-,13+,29?/m1/s1. The van der Waals surface area contributed by atoms with Gasteiger partial charge < -0.3 is 28.3 Å². The van der Waals surface area contributed by atoms with E-state index in [0.717, 1.165) is 17.7 Å². The number of hydrogen-bond acceptors (Lipinski definition) is 9. The summed E-state index contributed by atoms with van der Waals surface area (Å²) < 4.78 is 39.5. The highest BCUT2D eigenvalue weighted by molar-refractivity contribution is 8.07. The SMILES string of the molecule is COP(=O)(O)CO[C@H]1O[C@@H](n2ccc(=O)[nH]c2=O)[C@H](C)[C@@H]1OP(O)(=S)OC(C)(C)C. The summed E-state index contributed by atoms with van der Waals surface area (Å²) >= 11 is 5.08. The average Bonchev–Trinajstić information content (AvgIpc) is 2.87. The Hall–Kier alpha value is -0.720. The first kappa shape index (κ1) is 25.5. The predicted molar refractivity (Wildman–Crippen MR) is 109 cm³/mol. The molecule has 172 valence electrons. The van der Waals surface area contributed by atoms with Gasteiger partial charge in [-0.15, -0.1) is 0 Å². The highest BCUT2D eigenvalue weighted by atomic mass is 32.5. The fourth-order valence-electron chi connectivity index (χ4n) is 2.72. The van der Waals surface area contributed by atoms with Gasteiger partial charge in [-0.05, 0) is 32.6 Å². The van der Waals surface area contributed by atoms with E-state index in [1.54, 1.807) is 27.7 Å². The van der Waals surface area contributed by atoms with E-state index in [-0.39, 0.29) is 0 Å². The molecule has 12 nitrogen and oxygen atoms in total. The first-order valence-electron chi connectivity index (χ1n) is 8.82. The van der Waals surface area contributed by atoms with E-state index < -0.39 is 62.1 Å². The van der Waals surface area contributed by atoms with E-state index in [2.05, 4.69) is 9.51 Å². The van der Waals surface area contributed by atoms with Crippen LogP contribution < -0.4 is 11.2 Å². The number of ether oxygens (including phenoxy) is 2. The molecule has 2 rings (SSSR count). The number of nitrogens with one attached hydrogen (secondary N) is 1. The van der Waals surface area contributed by atoms with E-state index in [4.69, 9.17) is 30.3 Å². The van der Waals surface area contributed by atoms with Crippen LogP contribution in [0.25, 0.3) is 0 Å². The van der Waals surface area contributed by atoms with Gasteiger partial charge in [0.25, 0.3) is 5.56 Å². The number of nitrogens with zero attached hydrogens (tertiary/aromatic N) is 1. The monoisotopic (exact) mass is 488 g/mol. The van der Waals surface area contributed by atoms with E-state index in [1.807, 2.05) is 0 Å². The zero-order chi connectivity index (χ0) is 22.9. The molecule has 2 heterocycles. The molecule has 0 aromatic carbocycles. The largest absolute Gasteiger partial charge is 0.353 e. The van der Waals surface area contributed by atoms with E-state index in [1.165, 1.54) is 6.20 Å². The summed E-state index contributed by atoms with van der Waals surface area (Å²) in [5, 5.41) is 0. The maximum Gasteiger partial charge on any atom is 0.353 e. The van der Waals surface area contributed by atoms with Crippen LogP contribution in [0.15, 0.2) is 21.9 Å². The molecule has 0 amide bonds. The summed E-state index contributed by atoms with van der Waals surface area (Å²) in [5.74, 6) is -0.641. The Bertz CT molecular complexity index is 958. The van der Waals surface area contributed by atoms with Gasteiger partial charge in [0, 0.05) is 25.3 Å². The highest BCUT2D eigenvalue weighted by Gasteiger charge is 2.48. The topological polar surface area (TPSA) is 159 Å². The molecule has 0 radical (unpaired) electrons. The first-order valence-corrected chi connectivity index (χ1v) is 13.2. The molecule has 1 saturated heterocycles. The highest BCUT2D eigenvalue weighted by Crippen LogP contribution is 2.53. The molecule has 1 fully saturated rings. The van der Waals surface area contributed by atoms with Gasteiger partial charge in [-0.1, -0.05) is 6.92 Å². The smallest absolute Gasteiger partial charge is 0.337 e. The molecule has 0 aliphatic carbocycles. The molecule has 3 N–H and O–H groups in total. The molecule has 2 unspecified atom stereocenters. The van der Waals surface area contributed by atoms with Gasteiger partial charge in [0.05, 0.1) is 5.60 Å². The number of hydrogen-bond donors (Lipinski definition) is 3. The van der Waals surface area contributed by atoms with E-state index in [0.29, 0.717) is 0 Å². The van der Waals surface area contributed by atoms with Crippen molar-refractivity contribution in [3.05, 3.63) is 33.1 Å². The van der Waals surface area contributed by atoms with Crippen LogP contribution in [0.1, 0.15) is 33.9 Å². The Morgan fingerprint density at radius 2 is 1.97 bits per heavy atom. The minimum Gasteiger partial charge on any atom is -0.337 e. The van der Waals surface area contributed by atoms with Gasteiger partial charge in [0.2, 0.25) is 0 Å². The van der Waals surface area contributed by atoms with Crippen molar-refractivity contribution in [3.63, 3.8) is 0 Å². The lowest BCUT2D eigenvalue weighted by atomic mass is 10.1. The van der Waals surface area contributed by atoms with E-state index >= 15 is 0 Å². The average molecular weight is 488 g/mol. The Balaban J connectivity index is 2.33.